The summed E-state index contributed by atoms with van der Waals surface area (Å²) >= 11 is 0. The minimum absolute atomic E-state index is 0.839. The molecule has 0 aliphatic carbocycles. The molecule has 21 heavy (non-hydrogen) atoms. The molecule has 2 rings (SSSR count). The van der Waals surface area contributed by atoms with Crippen LogP contribution in [0, 0.1) is 6.92 Å². The zero-order chi connectivity index (χ0) is 15.1. The largest absolute Gasteiger partial charge is 0.311 e. The molecule has 0 atom stereocenters. The Balaban J connectivity index is 1.92. The molecule has 112 valence electrons. The zero-order valence-corrected chi connectivity index (χ0v) is 13.3. The Hall–Kier alpha value is -1.71. The van der Waals surface area contributed by atoms with E-state index in [1.165, 1.54) is 11.1 Å². The van der Waals surface area contributed by atoms with Gasteiger partial charge >= 0.3 is 0 Å². The van der Waals surface area contributed by atoms with Crippen LogP contribution in [0.1, 0.15) is 29.4 Å². The lowest BCUT2D eigenvalue weighted by Gasteiger charge is -2.17. The van der Waals surface area contributed by atoms with Crippen molar-refractivity contribution >= 4 is 0 Å². The summed E-state index contributed by atoms with van der Waals surface area (Å²) in [5.74, 6) is 0. The van der Waals surface area contributed by atoms with E-state index in [0.717, 1.165) is 37.6 Å². The Morgan fingerprint density at radius 1 is 1.00 bits per heavy atom. The first kappa shape index (κ1) is 15.7. The molecule has 0 aliphatic rings. The summed E-state index contributed by atoms with van der Waals surface area (Å²) in [4.78, 5) is 7.00. The van der Waals surface area contributed by atoms with Crippen LogP contribution < -0.4 is 5.32 Å². The monoisotopic (exact) mass is 283 g/mol. The summed E-state index contributed by atoms with van der Waals surface area (Å²) in [5.41, 5.74) is 4.88. The van der Waals surface area contributed by atoms with Crippen molar-refractivity contribution in [2.45, 2.75) is 33.5 Å². The number of nitrogens with zero attached hydrogens (tertiary/aromatic N) is 2. The fourth-order valence-corrected chi connectivity index (χ4v) is 2.31. The SMILES string of the molecule is CCNCc1cccc(CN(C)Cc2ccc(C)cc2)n1. The third-order valence-corrected chi connectivity index (χ3v) is 3.43. The Kier molecular flexibility index (Phi) is 5.90. The van der Waals surface area contributed by atoms with Gasteiger partial charge in [-0.25, -0.2) is 0 Å². The quantitative estimate of drug-likeness (QED) is 0.846. The highest BCUT2D eigenvalue weighted by atomic mass is 15.1. The van der Waals surface area contributed by atoms with Gasteiger partial charge in [-0.05, 0) is 38.2 Å². The molecule has 0 radical (unpaired) electrons. The van der Waals surface area contributed by atoms with Crippen molar-refractivity contribution < 1.29 is 0 Å². The minimum atomic E-state index is 0.839. The molecule has 0 spiro atoms. The summed E-state index contributed by atoms with van der Waals surface area (Å²) in [6, 6.07) is 15.0. The maximum atomic E-state index is 4.70. The van der Waals surface area contributed by atoms with Gasteiger partial charge in [0.15, 0.2) is 0 Å². The van der Waals surface area contributed by atoms with Crippen LogP contribution in [0.25, 0.3) is 0 Å². The molecule has 1 heterocycles. The van der Waals surface area contributed by atoms with Gasteiger partial charge in [-0.3, -0.25) is 9.88 Å². The van der Waals surface area contributed by atoms with Gasteiger partial charge in [-0.1, -0.05) is 42.8 Å². The van der Waals surface area contributed by atoms with Crippen LogP contribution in [0.5, 0.6) is 0 Å². The summed E-state index contributed by atoms with van der Waals surface area (Å²) in [6.07, 6.45) is 0. The molecule has 1 aromatic carbocycles. The Bertz CT molecular complexity index is 549. The number of pyridine rings is 1. The first-order chi connectivity index (χ1) is 10.2. The molecule has 0 unspecified atom stereocenters. The number of hydrogen-bond acceptors (Lipinski definition) is 3. The minimum Gasteiger partial charge on any atom is -0.311 e. The van der Waals surface area contributed by atoms with Crippen molar-refractivity contribution in [3.63, 3.8) is 0 Å². The predicted molar refractivity (Wildman–Crippen MR) is 88.0 cm³/mol. The molecule has 0 fully saturated rings. The molecule has 0 bridgehead atoms. The third-order valence-electron chi connectivity index (χ3n) is 3.43. The number of aryl methyl sites for hydroxylation is 1. The van der Waals surface area contributed by atoms with Crippen molar-refractivity contribution in [3.05, 3.63) is 65.0 Å². The van der Waals surface area contributed by atoms with E-state index in [4.69, 9.17) is 4.98 Å². The van der Waals surface area contributed by atoms with Gasteiger partial charge in [0.2, 0.25) is 0 Å². The van der Waals surface area contributed by atoms with Crippen LogP contribution in [-0.4, -0.2) is 23.5 Å². The van der Waals surface area contributed by atoms with Crippen molar-refractivity contribution in [3.8, 4) is 0 Å². The molecule has 3 nitrogen and oxygen atoms in total. The van der Waals surface area contributed by atoms with Gasteiger partial charge in [0.1, 0.15) is 0 Å². The molecule has 0 aliphatic heterocycles. The average molecular weight is 283 g/mol. The van der Waals surface area contributed by atoms with Gasteiger partial charge in [0.05, 0.1) is 11.4 Å². The molecular formula is C18H25N3. The van der Waals surface area contributed by atoms with Crippen LogP contribution in [0.2, 0.25) is 0 Å². The van der Waals surface area contributed by atoms with Crippen LogP contribution in [0.4, 0.5) is 0 Å². The number of nitrogens with one attached hydrogen (secondary N) is 1. The van der Waals surface area contributed by atoms with Gasteiger partial charge < -0.3 is 5.32 Å². The third kappa shape index (κ3) is 5.29. The van der Waals surface area contributed by atoms with E-state index < -0.39 is 0 Å². The summed E-state index contributed by atoms with van der Waals surface area (Å²) in [6.45, 7) is 7.85. The Morgan fingerprint density at radius 2 is 1.71 bits per heavy atom. The lowest BCUT2D eigenvalue weighted by atomic mass is 10.1. The van der Waals surface area contributed by atoms with Crippen LogP contribution in [0.15, 0.2) is 42.5 Å². The summed E-state index contributed by atoms with van der Waals surface area (Å²) in [7, 11) is 2.14. The van der Waals surface area contributed by atoms with Gasteiger partial charge in [-0.15, -0.1) is 0 Å². The highest BCUT2D eigenvalue weighted by molar-refractivity contribution is 5.21. The number of benzene rings is 1. The molecule has 3 heteroatoms. The van der Waals surface area contributed by atoms with E-state index in [1.54, 1.807) is 0 Å². The highest BCUT2D eigenvalue weighted by Gasteiger charge is 2.04. The fraction of sp³-hybridized carbons (Fsp3) is 0.389. The van der Waals surface area contributed by atoms with Crippen molar-refractivity contribution in [2.75, 3.05) is 13.6 Å². The Labute approximate surface area is 128 Å². The molecule has 1 aromatic heterocycles. The second kappa shape index (κ2) is 7.91. The van der Waals surface area contributed by atoms with E-state index >= 15 is 0 Å². The van der Waals surface area contributed by atoms with E-state index in [9.17, 15) is 0 Å². The highest BCUT2D eigenvalue weighted by Crippen LogP contribution is 2.09. The van der Waals surface area contributed by atoms with E-state index in [0.29, 0.717) is 0 Å². The maximum Gasteiger partial charge on any atom is 0.0547 e. The number of aromatic nitrogens is 1. The summed E-state index contributed by atoms with van der Waals surface area (Å²) in [5, 5.41) is 3.31. The van der Waals surface area contributed by atoms with Crippen LogP contribution in [-0.2, 0) is 19.6 Å². The van der Waals surface area contributed by atoms with Gasteiger partial charge in [-0.2, -0.15) is 0 Å². The molecule has 2 aromatic rings. The van der Waals surface area contributed by atoms with Crippen LogP contribution >= 0.6 is 0 Å². The molecule has 0 amide bonds. The fourth-order valence-electron chi connectivity index (χ4n) is 2.31. The lowest BCUT2D eigenvalue weighted by molar-refractivity contribution is 0.314. The number of rotatable bonds is 7. The van der Waals surface area contributed by atoms with Gasteiger partial charge in [0.25, 0.3) is 0 Å². The number of hydrogen-bond donors (Lipinski definition) is 1. The van der Waals surface area contributed by atoms with Crippen molar-refractivity contribution in [1.82, 2.24) is 15.2 Å². The van der Waals surface area contributed by atoms with E-state index in [1.807, 2.05) is 0 Å². The lowest BCUT2D eigenvalue weighted by Crippen LogP contribution is -2.19. The standard InChI is InChI=1S/C18H25N3/c1-4-19-12-17-6-5-7-18(20-17)14-21(3)13-16-10-8-15(2)9-11-16/h5-11,19H,4,12-14H2,1-3H3. The van der Waals surface area contributed by atoms with Crippen molar-refractivity contribution in [1.29, 1.82) is 0 Å². The average Bonchev–Trinajstić information content (AvgIpc) is 2.48. The first-order valence-electron chi connectivity index (χ1n) is 7.57. The second-order valence-electron chi connectivity index (χ2n) is 5.56. The molecule has 0 saturated carbocycles. The van der Waals surface area contributed by atoms with Crippen LogP contribution in [0.3, 0.4) is 0 Å². The van der Waals surface area contributed by atoms with E-state index in [2.05, 4.69) is 73.6 Å². The Morgan fingerprint density at radius 3 is 2.43 bits per heavy atom. The zero-order valence-electron chi connectivity index (χ0n) is 13.3. The topological polar surface area (TPSA) is 28.2 Å². The normalized spacial score (nSPS) is 11.0. The molecule has 0 saturated heterocycles. The second-order valence-corrected chi connectivity index (χ2v) is 5.56. The van der Waals surface area contributed by atoms with Gasteiger partial charge in [0, 0.05) is 19.6 Å². The maximum absolute atomic E-state index is 4.70. The predicted octanol–water partition coefficient (Wildman–Crippen LogP) is 3.13. The smallest absolute Gasteiger partial charge is 0.0547 e. The molecule has 1 N–H and O–H groups in total. The summed E-state index contributed by atoms with van der Waals surface area (Å²) < 4.78 is 0. The molecular weight excluding hydrogens is 258 g/mol. The van der Waals surface area contributed by atoms with Crippen molar-refractivity contribution in [2.24, 2.45) is 0 Å². The van der Waals surface area contributed by atoms with E-state index in [-0.39, 0.29) is 0 Å². The first-order valence-corrected chi connectivity index (χ1v) is 7.57.